The predicted molar refractivity (Wildman–Crippen MR) is 52.1 cm³/mol. The first-order valence-electron chi connectivity index (χ1n) is 5.23. The van der Waals surface area contributed by atoms with Crippen LogP contribution in [-0.4, -0.2) is 40.6 Å². The average molecular weight is 253 g/mol. The summed E-state index contributed by atoms with van der Waals surface area (Å²) in [6, 6.07) is -0.598. The van der Waals surface area contributed by atoms with Crippen LogP contribution in [0.5, 0.6) is 0 Å². The van der Waals surface area contributed by atoms with E-state index in [4.69, 9.17) is 5.11 Å². The molecule has 2 atom stereocenters. The van der Waals surface area contributed by atoms with E-state index in [1.54, 1.807) is 0 Å². The standard InChI is InChI=1S/C10H14F3NO3/c1-5(2)14(4-10(11,12)13)8(15)6-3-7(6)9(16)17/h5-7H,3-4H2,1-2H3,(H,16,17)/t6-,7+/m1/s1. The largest absolute Gasteiger partial charge is 0.481 e. The van der Waals surface area contributed by atoms with Crippen molar-refractivity contribution in [2.75, 3.05) is 6.54 Å². The Labute approximate surface area is 96.4 Å². The Morgan fingerprint density at radius 3 is 2.18 bits per heavy atom. The summed E-state index contributed by atoms with van der Waals surface area (Å²) < 4.78 is 36.8. The molecule has 0 aromatic heterocycles. The van der Waals surface area contributed by atoms with Gasteiger partial charge in [0.1, 0.15) is 6.54 Å². The van der Waals surface area contributed by atoms with Gasteiger partial charge in [0.15, 0.2) is 0 Å². The molecule has 1 saturated carbocycles. The number of alkyl halides is 3. The van der Waals surface area contributed by atoms with Crippen molar-refractivity contribution in [3.8, 4) is 0 Å². The van der Waals surface area contributed by atoms with Gasteiger partial charge < -0.3 is 10.0 Å². The van der Waals surface area contributed by atoms with Crippen LogP contribution in [-0.2, 0) is 9.59 Å². The van der Waals surface area contributed by atoms with Gasteiger partial charge in [-0.15, -0.1) is 0 Å². The summed E-state index contributed by atoms with van der Waals surface area (Å²) in [5, 5.41) is 8.63. The number of hydrogen-bond donors (Lipinski definition) is 1. The van der Waals surface area contributed by atoms with Crippen LogP contribution >= 0.6 is 0 Å². The summed E-state index contributed by atoms with van der Waals surface area (Å²) in [7, 11) is 0. The molecule has 1 rings (SSSR count). The molecule has 0 aromatic rings. The van der Waals surface area contributed by atoms with Gasteiger partial charge in [0.2, 0.25) is 5.91 Å². The zero-order valence-electron chi connectivity index (χ0n) is 9.49. The first kappa shape index (κ1) is 13.8. The number of hydrogen-bond acceptors (Lipinski definition) is 2. The average Bonchev–Trinajstić information content (AvgIpc) is 2.90. The van der Waals surface area contributed by atoms with Crippen LogP contribution in [0.4, 0.5) is 13.2 Å². The number of nitrogens with zero attached hydrogens (tertiary/aromatic N) is 1. The zero-order chi connectivity index (χ0) is 13.4. The molecule has 1 aliphatic carbocycles. The topological polar surface area (TPSA) is 57.6 Å². The number of aliphatic carboxylic acids is 1. The van der Waals surface area contributed by atoms with E-state index in [1.807, 2.05) is 0 Å². The summed E-state index contributed by atoms with van der Waals surface area (Å²) in [6.45, 7) is 1.62. The van der Waals surface area contributed by atoms with E-state index in [-0.39, 0.29) is 6.42 Å². The van der Waals surface area contributed by atoms with Crippen molar-refractivity contribution in [3.63, 3.8) is 0 Å². The van der Waals surface area contributed by atoms with Gasteiger partial charge in [-0.25, -0.2) is 0 Å². The van der Waals surface area contributed by atoms with Crippen molar-refractivity contribution in [1.82, 2.24) is 4.90 Å². The molecule has 1 amide bonds. The van der Waals surface area contributed by atoms with Crippen LogP contribution in [0.2, 0.25) is 0 Å². The fourth-order valence-corrected chi connectivity index (χ4v) is 1.66. The predicted octanol–water partition coefficient (Wildman–Crippen LogP) is 1.51. The Morgan fingerprint density at radius 2 is 1.88 bits per heavy atom. The van der Waals surface area contributed by atoms with E-state index < -0.39 is 42.5 Å². The number of rotatable bonds is 4. The molecule has 0 radical (unpaired) electrons. The third kappa shape index (κ3) is 3.61. The molecule has 0 aliphatic heterocycles. The second-order valence-corrected chi connectivity index (χ2v) is 4.46. The maximum absolute atomic E-state index is 12.3. The third-order valence-electron chi connectivity index (χ3n) is 2.68. The summed E-state index contributed by atoms with van der Waals surface area (Å²) in [5.74, 6) is -3.46. The molecule has 0 unspecified atom stereocenters. The molecule has 7 heteroatoms. The molecule has 0 spiro atoms. The second-order valence-electron chi connectivity index (χ2n) is 4.46. The SMILES string of the molecule is CC(C)N(CC(F)(F)F)C(=O)[C@@H]1C[C@@H]1C(=O)O. The monoisotopic (exact) mass is 253 g/mol. The van der Waals surface area contributed by atoms with Gasteiger partial charge in [-0.05, 0) is 20.3 Å². The molecule has 1 N–H and O–H groups in total. The molecular weight excluding hydrogens is 239 g/mol. The molecule has 0 aromatic carbocycles. The van der Waals surface area contributed by atoms with E-state index >= 15 is 0 Å². The minimum atomic E-state index is -4.46. The minimum Gasteiger partial charge on any atom is -0.481 e. The summed E-state index contributed by atoms with van der Waals surface area (Å²) >= 11 is 0. The Kier molecular flexibility index (Phi) is 3.68. The molecule has 1 aliphatic rings. The maximum atomic E-state index is 12.3. The normalized spacial score (nSPS) is 23.6. The van der Waals surface area contributed by atoms with Gasteiger partial charge in [-0.3, -0.25) is 9.59 Å². The number of carbonyl (C=O) groups is 2. The molecule has 0 heterocycles. The summed E-state index contributed by atoms with van der Waals surface area (Å²) in [5.41, 5.74) is 0. The Balaban J connectivity index is 2.67. The van der Waals surface area contributed by atoms with E-state index in [1.165, 1.54) is 13.8 Å². The van der Waals surface area contributed by atoms with Crippen LogP contribution < -0.4 is 0 Å². The lowest BCUT2D eigenvalue weighted by Crippen LogP contribution is -2.44. The quantitative estimate of drug-likeness (QED) is 0.826. The molecule has 0 saturated heterocycles. The molecule has 98 valence electrons. The third-order valence-corrected chi connectivity index (χ3v) is 2.68. The summed E-state index contributed by atoms with van der Waals surface area (Å²) in [4.78, 5) is 23.0. The lowest BCUT2D eigenvalue weighted by atomic mass is 10.2. The van der Waals surface area contributed by atoms with Crippen molar-refractivity contribution >= 4 is 11.9 Å². The van der Waals surface area contributed by atoms with Crippen molar-refractivity contribution in [2.45, 2.75) is 32.5 Å². The minimum absolute atomic E-state index is 0.134. The van der Waals surface area contributed by atoms with Crippen LogP contribution in [0.1, 0.15) is 20.3 Å². The highest BCUT2D eigenvalue weighted by Crippen LogP contribution is 2.40. The first-order valence-corrected chi connectivity index (χ1v) is 5.23. The van der Waals surface area contributed by atoms with Crippen LogP contribution in [0.15, 0.2) is 0 Å². The molecule has 17 heavy (non-hydrogen) atoms. The first-order chi connectivity index (χ1) is 7.63. The second kappa shape index (κ2) is 4.54. The Morgan fingerprint density at radius 1 is 1.35 bits per heavy atom. The van der Waals surface area contributed by atoms with Gasteiger partial charge in [0.25, 0.3) is 0 Å². The van der Waals surface area contributed by atoms with Crippen molar-refractivity contribution in [2.24, 2.45) is 11.8 Å². The lowest BCUT2D eigenvalue weighted by molar-refractivity contribution is -0.166. The fourth-order valence-electron chi connectivity index (χ4n) is 1.66. The lowest BCUT2D eigenvalue weighted by Gasteiger charge is -2.27. The van der Waals surface area contributed by atoms with Gasteiger partial charge >= 0.3 is 12.1 Å². The fraction of sp³-hybridized carbons (Fsp3) is 0.800. The Hall–Kier alpha value is -1.27. The van der Waals surface area contributed by atoms with E-state index in [0.717, 1.165) is 0 Å². The number of carboxylic acids is 1. The van der Waals surface area contributed by atoms with Crippen molar-refractivity contribution in [1.29, 1.82) is 0 Å². The van der Waals surface area contributed by atoms with Crippen LogP contribution in [0.3, 0.4) is 0 Å². The van der Waals surface area contributed by atoms with Crippen LogP contribution in [0, 0.1) is 11.8 Å². The zero-order valence-corrected chi connectivity index (χ0v) is 9.49. The number of amides is 1. The number of carboxylic acid groups (broad SMARTS) is 1. The number of carbonyl (C=O) groups excluding carboxylic acids is 1. The molecule has 4 nitrogen and oxygen atoms in total. The van der Waals surface area contributed by atoms with Crippen molar-refractivity contribution < 1.29 is 27.9 Å². The molecule has 1 fully saturated rings. The highest BCUT2D eigenvalue weighted by atomic mass is 19.4. The summed E-state index contributed by atoms with van der Waals surface area (Å²) in [6.07, 6.45) is -4.33. The van der Waals surface area contributed by atoms with E-state index in [0.29, 0.717) is 4.90 Å². The highest BCUT2D eigenvalue weighted by Gasteiger charge is 2.51. The maximum Gasteiger partial charge on any atom is 0.406 e. The molecular formula is C10H14F3NO3. The van der Waals surface area contributed by atoms with Gasteiger partial charge in [-0.2, -0.15) is 13.2 Å². The van der Waals surface area contributed by atoms with Gasteiger partial charge in [0.05, 0.1) is 11.8 Å². The van der Waals surface area contributed by atoms with E-state index in [2.05, 4.69) is 0 Å². The van der Waals surface area contributed by atoms with Gasteiger partial charge in [0, 0.05) is 6.04 Å². The molecule has 0 bridgehead atoms. The van der Waals surface area contributed by atoms with Crippen LogP contribution in [0.25, 0.3) is 0 Å². The van der Waals surface area contributed by atoms with Gasteiger partial charge in [-0.1, -0.05) is 0 Å². The van der Waals surface area contributed by atoms with E-state index in [9.17, 15) is 22.8 Å². The highest BCUT2D eigenvalue weighted by molar-refractivity contribution is 5.89. The number of halogens is 3. The smallest absolute Gasteiger partial charge is 0.406 e. The Bertz CT molecular complexity index is 327. The van der Waals surface area contributed by atoms with Crippen molar-refractivity contribution in [3.05, 3.63) is 0 Å².